The lowest BCUT2D eigenvalue weighted by Gasteiger charge is -2.14. The minimum absolute atomic E-state index is 0.152. The van der Waals surface area contributed by atoms with Crippen LogP contribution in [0.2, 0.25) is 0 Å². The number of hydrogen-bond acceptors (Lipinski definition) is 3. The fraction of sp³-hybridized carbons (Fsp3) is 0.375. The second kappa shape index (κ2) is 12.8. The highest BCUT2D eigenvalue weighted by atomic mass is 31.1. The van der Waals surface area contributed by atoms with E-state index >= 15 is 0 Å². The van der Waals surface area contributed by atoms with Crippen molar-refractivity contribution in [3.8, 4) is 11.5 Å². The van der Waals surface area contributed by atoms with Crippen LogP contribution in [0.5, 0.6) is 11.5 Å². The van der Waals surface area contributed by atoms with Gasteiger partial charge in [-0.15, -0.1) is 0 Å². The first kappa shape index (κ1) is 23.6. The maximum atomic E-state index is 5.43. The summed E-state index contributed by atoms with van der Waals surface area (Å²) in [7, 11) is 4.98. The van der Waals surface area contributed by atoms with Crippen molar-refractivity contribution in [2.75, 3.05) is 26.5 Å². The maximum absolute atomic E-state index is 5.43. The van der Waals surface area contributed by atoms with Crippen molar-refractivity contribution in [3.05, 3.63) is 60.7 Å². The summed E-state index contributed by atoms with van der Waals surface area (Å²) in [5.41, 5.74) is -0.152. The van der Waals surface area contributed by atoms with Crippen molar-refractivity contribution < 1.29 is 9.47 Å². The molecule has 2 aromatic rings. The Morgan fingerprint density at radius 2 is 1.34 bits per heavy atom. The predicted molar refractivity (Wildman–Crippen MR) is 133 cm³/mol. The summed E-state index contributed by atoms with van der Waals surface area (Å²) in [5, 5.41) is 2.59. The lowest BCUT2D eigenvalue weighted by molar-refractivity contribution is 0.418. The summed E-state index contributed by atoms with van der Waals surface area (Å²) in [6.07, 6.45) is 10.8. The third-order valence-corrected chi connectivity index (χ3v) is 7.04. The fourth-order valence-corrected chi connectivity index (χ4v) is 5.13. The molecule has 0 aliphatic carbocycles. The smallest absolute Gasteiger partial charge is 0.126 e. The van der Waals surface area contributed by atoms with Crippen LogP contribution >= 0.6 is 17.2 Å². The van der Waals surface area contributed by atoms with Gasteiger partial charge < -0.3 is 9.47 Å². The summed E-state index contributed by atoms with van der Waals surface area (Å²) >= 11 is 0. The SMILES string of the molecule is COc1ccccc1PCCC=CC(C)(C)N=CCCPc1ccccc1OC. The van der Waals surface area contributed by atoms with Gasteiger partial charge in [-0.3, -0.25) is 4.99 Å². The van der Waals surface area contributed by atoms with Gasteiger partial charge in [-0.25, -0.2) is 0 Å². The highest BCUT2D eigenvalue weighted by molar-refractivity contribution is 7.47. The molecule has 0 fully saturated rings. The van der Waals surface area contributed by atoms with Crippen LogP contribution < -0.4 is 20.1 Å². The van der Waals surface area contributed by atoms with Crippen molar-refractivity contribution in [2.24, 2.45) is 4.99 Å². The van der Waals surface area contributed by atoms with Gasteiger partial charge in [0.05, 0.1) is 19.8 Å². The monoisotopic (exact) mass is 429 g/mol. The molecule has 0 N–H and O–H groups in total. The van der Waals surface area contributed by atoms with Crippen LogP contribution in [0, 0.1) is 0 Å². The van der Waals surface area contributed by atoms with Crippen molar-refractivity contribution in [1.29, 1.82) is 0 Å². The number of para-hydroxylation sites is 2. The highest BCUT2D eigenvalue weighted by Crippen LogP contribution is 2.21. The molecule has 0 bridgehead atoms. The zero-order valence-electron chi connectivity index (χ0n) is 17.9. The Bertz CT molecular complexity index is 737. The molecule has 0 aliphatic heterocycles. The van der Waals surface area contributed by atoms with Gasteiger partial charge in [-0.2, -0.15) is 0 Å². The molecule has 2 rings (SSSR count). The van der Waals surface area contributed by atoms with Gasteiger partial charge in [0, 0.05) is 16.8 Å². The van der Waals surface area contributed by atoms with Gasteiger partial charge in [0.2, 0.25) is 0 Å². The molecule has 29 heavy (non-hydrogen) atoms. The molecule has 2 aromatic carbocycles. The van der Waals surface area contributed by atoms with E-state index in [4.69, 9.17) is 14.5 Å². The van der Waals surface area contributed by atoms with Gasteiger partial charge in [-0.05, 0) is 51.1 Å². The Labute approximate surface area is 179 Å². The number of rotatable bonds is 12. The van der Waals surface area contributed by atoms with Crippen molar-refractivity contribution in [3.63, 3.8) is 0 Å². The van der Waals surface area contributed by atoms with Crippen LogP contribution in [0.15, 0.2) is 65.7 Å². The molecular weight excluding hydrogens is 396 g/mol. The van der Waals surface area contributed by atoms with Crippen molar-refractivity contribution >= 4 is 34.0 Å². The number of nitrogens with zero attached hydrogens (tertiary/aromatic N) is 1. The molecule has 2 unspecified atom stereocenters. The van der Waals surface area contributed by atoms with Crippen molar-refractivity contribution in [2.45, 2.75) is 32.2 Å². The van der Waals surface area contributed by atoms with Gasteiger partial charge in [-0.1, -0.05) is 65.7 Å². The zero-order valence-corrected chi connectivity index (χ0v) is 19.9. The number of ether oxygens (including phenoxy) is 2. The van der Waals surface area contributed by atoms with E-state index in [1.807, 2.05) is 24.3 Å². The lowest BCUT2D eigenvalue weighted by Crippen LogP contribution is -2.12. The van der Waals surface area contributed by atoms with Gasteiger partial charge >= 0.3 is 0 Å². The molecular formula is C24H33NO2P2. The quantitative estimate of drug-likeness (QED) is 0.201. The minimum atomic E-state index is -0.152. The lowest BCUT2D eigenvalue weighted by atomic mass is 10.1. The molecule has 0 saturated heterocycles. The average molecular weight is 429 g/mol. The fourth-order valence-electron chi connectivity index (χ4n) is 2.86. The summed E-state index contributed by atoms with van der Waals surface area (Å²) in [5.74, 6) is 1.98. The summed E-state index contributed by atoms with van der Waals surface area (Å²) in [4.78, 5) is 4.76. The molecule has 0 heterocycles. The van der Waals surface area contributed by atoms with Crippen LogP contribution in [0.4, 0.5) is 0 Å². The Morgan fingerprint density at radius 1 is 0.828 bits per heavy atom. The van der Waals surface area contributed by atoms with E-state index in [0.29, 0.717) is 0 Å². The number of allylic oxidation sites excluding steroid dienone is 1. The topological polar surface area (TPSA) is 30.8 Å². The van der Waals surface area contributed by atoms with Gasteiger partial charge in [0.25, 0.3) is 0 Å². The van der Waals surface area contributed by atoms with E-state index in [0.717, 1.165) is 53.8 Å². The Morgan fingerprint density at radius 3 is 1.90 bits per heavy atom. The minimum Gasteiger partial charge on any atom is -0.496 e. The third-order valence-electron chi connectivity index (χ3n) is 4.38. The molecule has 0 aromatic heterocycles. The number of methoxy groups -OCH3 is 2. The van der Waals surface area contributed by atoms with E-state index in [1.165, 1.54) is 10.6 Å². The van der Waals surface area contributed by atoms with Crippen LogP contribution in [0.1, 0.15) is 26.7 Å². The van der Waals surface area contributed by atoms with E-state index in [9.17, 15) is 0 Å². The zero-order chi connectivity index (χ0) is 21.0. The predicted octanol–water partition coefficient (Wildman–Crippen LogP) is 5.20. The van der Waals surface area contributed by atoms with Crippen LogP contribution in [-0.4, -0.2) is 38.3 Å². The molecule has 0 saturated carbocycles. The second-order valence-corrected chi connectivity index (χ2v) is 9.98. The van der Waals surface area contributed by atoms with Gasteiger partial charge in [0.15, 0.2) is 0 Å². The molecule has 3 nitrogen and oxygen atoms in total. The molecule has 5 heteroatoms. The molecule has 0 aliphatic rings. The Balaban J connectivity index is 1.70. The van der Waals surface area contributed by atoms with E-state index in [2.05, 4.69) is 56.5 Å². The first-order chi connectivity index (χ1) is 14.1. The second-order valence-electron chi connectivity index (χ2n) is 7.20. The van der Waals surface area contributed by atoms with E-state index in [1.54, 1.807) is 14.2 Å². The normalized spacial score (nSPS) is 12.8. The third kappa shape index (κ3) is 8.69. The molecule has 0 radical (unpaired) electrons. The van der Waals surface area contributed by atoms with Crippen molar-refractivity contribution in [1.82, 2.24) is 0 Å². The molecule has 0 spiro atoms. The number of aliphatic imine (C=N–C) groups is 1. The first-order valence-corrected chi connectivity index (χ1v) is 12.4. The Kier molecular flexibility index (Phi) is 10.4. The number of benzene rings is 2. The Hall–Kier alpha value is -1.69. The van der Waals surface area contributed by atoms with Crippen LogP contribution in [-0.2, 0) is 0 Å². The molecule has 2 atom stereocenters. The summed E-state index contributed by atoms with van der Waals surface area (Å²) < 4.78 is 10.8. The largest absolute Gasteiger partial charge is 0.496 e. The highest BCUT2D eigenvalue weighted by Gasteiger charge is 2.09. The maximum Gasteiger partial charge on any atom is 0.126 e. The summed E-state index contributed by atoms with van der Waals surface area (Å²) in [6.45, 7) is 4.32. The van der Waals surface area contributed by atoms with Crippen LogP contribution in [0.25, 0.3) is 0 Å². The van der Waals surface area contributed by atoms with E-state index in [-0.39, 0.29) is 5.54 Å². The molecule has 0 amide bonds. The molecule has 156 valence electrons. The van der Waals surface area contributed by atoms with Gasteiger partial charge in [0.1, 0.15) is 11.5 Å². The van der Waals surface area contributed by atoms with E-state index < -0.39 is 0 Å². The first-order valence-electron chi connectivity index (χ1n) is 10.0. The average Bonchev–Trinajstić information content (AvgIpc) is 2.73. The summed E-state index contributed by atoms with van der Waals surface area (Å²) in [6, 6.07) is 16.5. The standard InChI is InChI=1S/C24H33NO2P2/c1-24(2,16-9-10-18-28-22-14-7-5-12-20(22)26-3)25-17-11-19-29-23-15-8-6-13-21(23)27-4/h5-9,12-17,28-29H,10-11,18-19H2,1-4H3. The number of hydrogen-bond donors (Lipinski definition) is 0. The van der Waals surface area contributed by atoms with Crippen LogP contribution in [0.3, 0.4) is 0 Å².